The lowest BCUT2D eigenvalue weighted by Crippen LogP contribution is -2.33. The molecule has 3 heteroatoms. The van der Waals surface area contributed by atoms with Crippen LogP contribution in [0.15, 0.2) is 23.1 Å². The minimum atomic E-state index is 0.228. The fraction of sp³-hybridized carbons (Fsp3) is 0.750. The molecule has 1 aliphatic carbocycles. The average molecular weight is 442 g/mol. The van der Waals surface area contributed by atoms with Crippen LogP contribution in [0.2, 0.25) is 0 Å². The quantitative estimate of drug-likeness (QED) is 0.462. The monoisotopic (exact) mass is 441 g/mol. The first-order chi connectivity index (χ1) is 15.2. The van der Waals surface area contributed by atoms with Crippen molar-refractivity contribution in [2.75, 3.05) is 19.6 Å². The third-order valence-electron chi connectivity index (χ3n) is 8.20. The molecule has 2 heterocycles. The summed E-state index contributed by atoms with van der Waals surface area (Å²) < 4.78 is 0. The van der Waals surface area contributed by atoms with E-state index in [0.717, 1.165) is 50.5 Å². The third-order valence-corrected chi connectivity index (χ3v) is 9.34. The maximum absolute atomic E-state index is 13.0. The van der Waals surface area contributed by atoms with E-state index in [4.69, 9.17) is 0 Å². The average Bonchev–Trinajstić information content (AvgIpc) is 2.92. The van der Waals surface area contributed by atoms with Crippen molar-refractivity contribution in [1.82, 2.24) is 4.90 Å². The third kappa shape index (κ3) is 6.60. The van der Waals surface area contributed by atoms with Gasteiger partial charge in [0.1, 0.15) is 0 Å². The molecule has 2 atom stereocenters. The van der Waals surface area contributed by atoms with Crippen LogP contribution in [0.25, 0.3) is 0 Å². The number of rotatable bonds is 6. The summed E-state index contributed by atoms with van der Waals surface area (Å²) in [6, 6.07) is 6.84. The van der Waals surface area contributed by atoms with Gasteiger partial charge in [-0.3, -0.25) is 4.79 Å². The van der Waals surface area contributed by atoms with E-state index in [1.54, 1.807) is 0 Å². The number of aryl methyl sites for hydroxylation is 2. The highest BCUT2D eigenvalue weighted by atomic mass is 32.2. The van der Waals surface area contributed by atoms with E-state index >= 15 is 0 Å². The van der Waals surface area contributed by atoms with Gasteiger partial charge in [-0.05, 0) is 87.2 Å². The molecule has 172 valence electrons. The van der Waals surface area contributed by atoms with Crippen molar-refractivity contribution in [3.8, 4) is 0 Å². The van der Waals surface area contributed by atoms with Crippen molar-refractivity contribution >= 4 is 16.9 Å². The van der Waals surface area contributed by atoms with Gasteiger partial charge in [0.25, 0.3) is 0 Å². The van der Waals surface area contributed by atoms with E-state index in [1.807, 2.05) is 0 Å². The molecule has 3 aliphatic rings. The summed E-state index contributed by atoms with van der Waals surface area (Å²) in [5.74, 6) is 2.20. The predicted octanol–water partition coefficient (Wildman–Crippen LogP) is 7.28. The van der Waals surface area contributed by atoms with Crippen LogP contribution >= 0.6 is 11.8 Å². The number of likely N-dealkylation sites (tertiary alicyclic amines) is 1. The summed E-state index contributed by atoms with van der Waals surface area (Å²) in [6.07, 6.45) is 18.4. The summed E-state index contributed by atoms with van der Waals surface area (Å²) in [6.45, 7) is 5.84. The van der Waals surface area contributed by atoms with E-state index < -0.39 is 0 Å². The molecule has 0 spiro atoms. The van der Waals surface area contributed by atoms with Gasteiger partial charge in [0, 0.05) is 10.8 Å². The molecule has 2 fully saturated rings. The predicted molar refractivity (Wildman–Crippen MR) is 133 cm³/mol. The van der Waals surface area contributed by atoms with Crippen LogP contribution in [0.5, 0.6) is 0 Å². The maximum Gasteiger partial charge on any atom is 0.196 e. The van der Waals surface area contributed by atoms with Crippen molar-refractivity contribution in [2.24, 2.45) is 17.8 Å². The van der Waals surface area contributed by atoms with Gasteiger partial charge < -0.3 is 4.90 Å². The molecule has 0 N–H and O–H groups in total. The zero-order chi connectivity index (χ0) is 21.5. The minimum Gasteiger partial charge on any atom is -0.303 e. The standard InChI is InChI=1S/C28H43NOS/c1-2-8-22-12-13-25-14-15-26(28(30)31-27(25)21-22)17-20-29-18-7-6-11-24(16-19-29)23-9-4-3-5-10-23/h12-13,21,23-24,26H,2-11,14-20H2,1H3. The number of hydrogen-bond acceptors (Lipinski definition) is 3. The molecule has 4 rings (SSSR count). The van der Waals surface area contributed by atoms with Crippen molar-refractivity contribution in [2.45, 2.75) is 102 Å². The topological polar surface area (TPSA) is 20.3 Å². The van der Waals surface area contributed by atoms with E-state index in [0.29, 0.717) is 5.12 Å². The molecular weight excluding hydrogens is 398 g/mol. The zero-order valence-electron chi connectivity index (χ0n) is 19.7. The fourth-order valence-corrected chi connectivity index (χ4v) is 7.36. The van der Waals surface area contributed by atoms with Crippen LogP contribution in [0, 0.1) is 17.8 Å². The van der Waals surface area contributed by atoms with Crippen molar-refractivity contribution in [1.29, 1.82) is 0 Å². The lowest BCUT2D eigenvalue weighted by molar-refractivity contribution is -0.114. The zero-order valence-corrected chi connectivity index (χ0v) is 20.6. The molecule has 2 nitrogen and oxygen atoms in total. The van der Waals surface area contributed by atoms with Crippen LogP contribution in [0.4, 0.5) is 0 Å². The SMILES string of the molecule is CCCc1ccc2c(c1)SC(=O)C(CCN1CCCCC(C3CCCCC3)CC1)CC2. The van der Waals surface area contributed by atoms with E-state index in [2.05, 4.69) is 30.0 Å². The molecule has 2 aliphatic heterocycles. The van der Waals surface area contributed by atoms with Crippen LogP contribution in [0.1, 0.15) is 95.1 Å². The minimum absolute atomic E-state index is 0.228. The van der Waals surface area contributed by atoms with Crippen LogP contribution < -0.4 is 0 Å². The van der Waals surface area contributed by atoms with Gasteiger partial charge in [0.15, 0.2) is 5.12 Å². The highest BCUT2D eigenvalue weighted by Crippen LogP contribution is 2.37. The lowest BCUT2D eigenvalue weighted by atomic mass is 9.76. The normalized spacial score (nSPS) is 26.7. The molecule has 0 bridgehead atoms. The Morgan fingerprint density at radius 1 is 0.935 bits per heavy atom. The Balaban J connectivity index is 1.28. The first-order valence-corrected chi connectivity index (χ1v) is 14.1. The highest BCUT2D eigenvalue weighted by Gasteiger charge is 2.27. The van der Waals surface area contributed by atoms with Gasteiger partial charge >= 0.3 is 0 Å². The second-order valence-corrected chi connectivity index (χ2v) is 11.5. The molecule has 0 radical (unpaired) electrons. The van der Waals surface area contributed by atoms with Gasteiger partial charge in [-0.15, -0.1) is 0 Å². The molecule has 2 unspecified atom stereocenters. The summed E-state index contributed by atoms with van der Waals surface area (Å²) in [4.78, 5) is 17.0. The molecule has 1 saturated heterocycles. The van der Waals surface area contributed by atoms with E-state index in [1.165, 1.54) is 98.7 Å². The van der Waals surface area contributed by atoms with Crippen molar-refractivity contribution in [3.63, 3.8) is 0 Å². The number of benzene rings is 1. The molecule has 1 aromatic rings. The van der Waals surface area contributed by atoms with Gasteiger partial charge in [-0.2, -0.15) is 0 Å². The fourth-order valence-electron chi connectivity index (χ4n) is 6.23. The molecule has 31 heavy (non-hydrogen) atoms. The lowest BCUT2D eigenvalue weighted by Gasteiger charge is -2.34. The maximum atomic E-state index is 13.0. The summed E-state index contributed by atoms with van der Waals surface area (Å²) in [7, 11) is 0. The molecule has 1 saturated carbocycles. The Bertz CT molecular complexity index is 711. The Kier molecular flexibility index (Phi) is 8.96. The van der Waals surface area contributed by atoms with Crippen molar-refractivity contribution < 1.29 is 4.79 Å². The first-order valence-electron chi connectivity index (χ1n) is 13.3. The number of nitrogens with zero attached hydrogens (tertiary/aromatic N) is 1. The number of thioether (sulfide) groups is 1. The summed E-state index contributed by atoms with van der Waals surface area (Å²) in [5, 5.41) is 0.416. The first kappa shape index (κ1) is 23.4. The van der Waals surface area contributed by atoms with E-state index in [-0.39, 0.29) is 5.92 Å². The number of hydrogen-bond donors (Lipinski definition) is 0. The largest absolute Gasteiger partial charge is 0.303 e. The molecule has 0 aromatic heterocycles. The number of carbonyl (C=O) groups is 1. The van der Waals surface area contributed by atoms with Crippen LogP contribution in [0.3, 0.4) is 0 Å². The Morgan fingerprint density at radius 2 is 1.71 bits per heavy atom. The van der Waals surface area contributed by atoms with Gasteiger partial charge in [0.2, 0.25) is 0 Å². The Morgan fingerprint density at radius 3 is 2.52 bits per heavy atom. The van der Waals surface area contributed by atoms with Gasteiger partial charge in [-0.25, -0.2) is 0 Å². The second kappa shape index (κ2) is 11.9. The Labute approximate surface area is 194 Å². The second-order valence-electron chi connectivity index (χ2n) is 10.4. The molecular formula is C28H43NOS. The van der Waals surface area contributed by atoms with E-state index in [9.17, 15) is 4.79 Å². The van der Waals surface area contributed by atoms with Crippen LogP contribution in [-0.4, -0.2) is 29.6 Å². The van der Waals surface area contributed by atoms with Gasteiger partial charge in [0.05, 0.1) is 0 Å². The Hall–Kier alpha value is -0.800. The summed E-state index contributed by atoms with van der Waals surface area (Å²) >= 11 is 1.54. The van der Waals surface area contributed by atoms with Gasteiger partial charge in [-0.1, -0.05) is 82.2 Å². The molecule has 0 amide bonds. The highest BCUT2D eigenvalue weighted by molar-refractivity contribution is 8.13. The number of carbonyl (C=O) groups excluding carboxylic acids is 1. The van der Waals surface area contributed by atoms with Crippen molar-refractivity contribution in [3.05, 3.63) is 29.3 Å². The smallest absolute Gasteiger partial charge is 0.196 e. The van der Waals surface area contributed by atoms with Crippen LogP contribution in [-0.2, 0) is 17.6 Å². The summed E-state index contributed by atoms with van der Waals surface area (Å²) in [5.41, 5.74) is 2.77. The molecule has 1 aromatic carbocycles. The number of fused-ring (bicyclic) bond motifs is 1.